The van der Waals surface area contributed by atoms with Crippen LogP contribution in [0, 0.1) is 11.3 Å². The summed E-state index contributed by atoms with van der Waals surface area (Å²) in [6.45, 7) is 8.78. The van der Waals surface area contributed by atoms with Crippen LogP contribution in [0.25, 0.3) is 0 Å². The Hall–Kier alpha value is -0.0900. The third kappa shape index (κ3) is 8.11. The maximum Gasteiger partial charge on any atom is 0.150 e. The lowest BCUT2D eigenvalue weighted by atomic mass is 9.88. The first kappa shape index (κ1) is 15.9. The van der Waals surface area contributed by atoms with Crippen molar-refractivity contribution in [2.45, 2.75) is 47.0 Å². The minimum absolute atomic E-state index is 0.141. The van der Waals surface area contributed by atoms with Crippen molar-refractivity contribution in [3.63, 3.8) is 0 Å². The second-order valence-electron chi connectivity index (χ2n) is 5.83. The van der Waals surface area contributed by atoms with Crippen LogP contribution in [0.4, 0.5) is 0 Å². The third-order valence-corrected chi connectivity index (χ3v) is 4.78. The molecule has 0 unspecified atom stereocenters. The molecule has 0 heterocycles. The smallest absolute Gasteiger partial charge is 0.150 e. The van der Waals surface area contributed by atoms with Gasteiger partial charge in [0.05, 0.1) is 11.5 Å². The molecule has 0 amide bonds. The van der Waals surface area contributed by atoms with Crippen molar-refractivity contribution in [2.75, 3.05) is 18.1 Å². The Labute approximate surface area is 101 Å². The maximum atomic E-state index is 11.6. The fourth-order valence-electron chi connectivity index (χ4n) is 1.62. The highest BCUT2D eigenvalue weighted by molar-refractivity contribution is 7.91. The van der Waals surface area contributed by atoms with Crippen LogP contribution in [-0.2, 0) is 9.84 Å². The van der Waals surface area contributed by atoms with Gasteiger partial charge in [0.1, 0.15) is 0 Å². The number of sulfone groups is 1. The van der Waals surface area contributed by atoms with Crippen LogP contribution in [0.2, 0.25) is 0 Å². The molecule has 0 aliphatic rings. The Kier molecular flexibility index (Phi) is 6.56. The van der Waals surface area contributed by atoms with E-state index in [0.717, 1.165) is 19.3 Å². The fourth-order valence-corrected chi connectivity index (χ4v) is 3.45. The molecule has 0 bridgehead atoms. The van der Waals surface area contributed by atoms with Crippen LogP contribution in [-0.4, -0.2) is 26.5 Å². The number of unbranched alkanes of at least 4 members (excludes halogenated alkanes) is 1. The third-order valence-electron chi connectivity index (χ3n) is 2.70. The Morgan fingerprint density at radius 2 is 1.75 bits per heavy atom. The van der Waals surface area contributed by atoms with E-state index in [-0.39, 0.29) is 11.3 Å². The molecule has 98 valence electrons. The maximum absolute atomic E-state index is 11.6. The summed E-state index contributed by atoms with van der Waals surface area (Å²) in [6.07, 6.45) is 2.71. The molecule has 2 N–H and O–H groups in total. The molecule has 0 atom stereocenters. The van der Waals surface area contributed by atoms with Crippen molar-refractivity contribution >= 4 is 9.84 Å². The zero-order valence-corrected chi connectivity index (χ0v) is 11.9. The minimum Gasteiger partial charge on any atom is -0.330 e. The van der Waals surface area contributed by atoms with Crippen molar-refractivity contribution in [3.05, 3.63) is 0 Å². The van der Waals surface area contributed by atoms with Gasteiger partial charge in [-0.1, -0.05) is 34.1 Å². The highest BCUT2D eigenvalue weighted by Crippen LogP contribution is 2.21. The minimum atomic E-state index is -2.84. The van der Waals surface area contributed by atoms with Gasteiger partial charge in [-0.2, -0.15) is 0 Å². The summed E-state index contributed by atoms with van der Waals surface area (Å²) in [6, 6.07) is 0. The van der Waals surface area contributed by atoms with Crippen LogP contribution in [0.1, 0.15) is 47.0 Å². The average Bonchev–Trinajstić information content (AvgIpc) is 2.11. The van der Waals surface area contributed by atoms with Gasteiger partial charge in [-0.05, 0) is 30.7 Å². The number of hydrogen-bond acceptors (Lipinski definition) is 3. The fraction of sp³-hybridized carbons (Fsp3) is 1.00. The SMILES string of the molecule is CC(C)CS(=O)(=O)CCCCC(C)(C)CN. The normalized spacial score (nSPS) is 13.4. The molecular formula is C12H27NO2S. The van der Waals surface area contributed by atoms with E-state index in [1.165, 1.54) is 0 Å². The van der Waals surface area contributed by atoms with Gasteiger partial charge in [0.25, 0.3) is 0 Å². The zero-order valence-electron chi connectivity index (χ0n) is 11.1. The molecule has 16 heavy (non-hydrogen) atoms. The summed E-state index contributed by atoms with van der Waals surface area (Å²) < 4.78 is 23.2. The van der Waals surface area contributed by atoms with E-state index in [9.17, 15) is 8.42 Å². The zero-order chi connectivity index (χ0) is 12.8. The molecule has 0 aromatic heterocycles. The molecule has 3 nitrogen and oxygen atoms in total. The predicted molar refractivity (Wildman–Crippen MR) is 70.2 cm³/mol. The predicted octanol–water partition coefficient (Wildman–Crippen LogP) is 2.21. The number of rotatable bonds is 8. The Morgan fingerprint density at radius 1 is 1.19 bits per heavy atom. The van der Waals surface area contributed by atoms with E-state index in [4.69, 9.17) is 5.73 Å². The quantitative estimate of drug-likeness (QED) is 0.671. The highest BCUT2D eigenvalue weighted by atomic mass is 32.2. The van der Waals surface area contributed by atoms with E-state index in [0.29, 0.717) is 18.1 Å². The first-order valence-corrected chi connectivity index (χ1v) is 7.91. The highest BCUT2D eigenvalue weighted by Gasteiger charge is 2.16. The molecular weight excluding hydrogens is 222 g/mol. The van der Waals surface area contributed by atoms with Gasteiger partial charge in [-0.3, -0.25) is 0 Å². The molecule has 0 fully saturated rings. The Balaban J connectivity index is 3.83. The van der Waals surface area contributed by atoms with Gasteiger partial charge in [-0.25, -0.2) is 8.42 Å². The molecule has 0 aliphatic heterocycles. The lowest BCUT2D eigenvalue weighted by Crippen LogP contribution is -2.23. The van der Waals surface area contributed by atoms with Gasteiger partial charge < -0.3 is 5.73 Å². The van der Waals surface area contributed by atoms with Gasteiger partial charge in [0.2, 0.25) is 0 Å². The lowest BCUT2D eigenvalue weighted by Gasteiger charge is -2.21. The standard InChI is InChI=1S/C12H27NO2S/c1-11(2)9-16(14,15)8-6-5-7-12(3,4)10-13/h11H,5-10,13H2,1-4H3. The lowest BCUT2D eigenvalue weighted by molar-refractivity contribution is 0.335. The average molecular weight is 249 g/mol. The summed E-state index contributed by atoms with van der Waals surface area (Å²) >= 11 is 0. The molecule has 0 rings (SSSR count). The number of nitrogens with two attached hydrogens (primary N) is 1. The molecule has 0 spiro atoms. The number of hydrogen-bond donors (Lipinski definition) is 1. The van der Waals surface area contributed by atoms with E-state index >= 15 is 0 Å². The monoisotopic (exact) mass is 249 g/mol. The molecule has 4 heteroatoms. The molecule has 0 aliphatic carbocycles. The molecule has 0 aromatic rings. The van der Waals surface area contributed by atoms with Crippen LogP contribution < -0.4 is 5.73 Å². The second kappa shape index (κ2) is 6.60. The van der Waals surface area contributed by atoms with Crippen LogP contribution in [0.15, 0.2) is 0 Å². The van der Waals surface area contributed by atoms with Gasteiger partial charge >= 0.3 is 0 Å². The first-order valence-electron chi connectivity index (χ1n) is 6.09. The van der Waals surface area contributed by atoms with Crippen LogP contribution >= 0.6 is 0 Å². The van der Waals surface area contributed by atoms with Crippen molar-refractivity contribution in [1.29, 1.82) is 0 Å². The topological polar surface area (TPSA) is 60.2 Å². The summed E-state index contributed by atoms with van der Waals surface area (Å²) in [5.74, 6) is 0.865. The summed E-state index contributed by atoms with van der Waals surface area (Å²) in [5, 5.41) is 0. The molecule has 0 aromatic carbocycles. The van der Waals surface area contributed by atoms with Crippen molar-refractivity contribution in [2.24, 2.45) is 17.1 Å². The molecule has 0 saturated carbocycles. The summed E-state index contributed by atoms with van der Waals surface area (Å²) in [4.78, 5) is 0. The van der Waals surface area contributed by atoms with Crippen molar-refractivity contribution < 1.29 is 8.42 Å². The summed E-state index contributed by atoms with van der Waals surface area (Å²) in [7, 11) is -2.84. The van der Waals surface area contributed by atoms with Crippen molar-refractivity contribution in [3.8, 4) is 0 Å². The Morgan fingerprint density at radius 3 is 2.19 bits per heavy atom. The van der Waals surface area contributed by atoms with Gasteiger partial charge in [0, 0.05) is 0 Å². The van der Waals surface area contributed by atoms with Gasteiger partial charge in [0.15, 0.2) is 9.84 Å². The Bertz CT molecular complexity index is 281. The van der Waals surface area contributed by atoms with Crippen LogP contribution in [0.3, 0.4) is 0 Å². The van der Waals surface area contributed by atoms with E-state index in [2.05, 4.69) is 13.8 Å². The molecule has 0 radical (unpaired) electrons. The second-order valence-corrected chi connectivity index (χ2v) is 8.06. The van der Waals surface area contributed by atoms with Gasteiger partial charge in [-0.15, -0.1) is 0 Å². The first-order chi connectivity index (χ1) is 7.18. The van der Waals surface area contributed by atoms with E-state index < -0.39 is 9.84 Å². The molecule has 0 saturated heterocycles. The summed E-state index contributed by atoms with van der Waals surface area (Å²) in [5.41, 5.74) is 5.76. The van der Waals surface area contributed by atoms with E-state index in [1.54, 1.807) is 0 Å². The largest absolute Gasteiger partial charge is 0.330 e. The van der Waals surface area contributed by atoms with Crippen LogP contribution in [0.5, 0.6) is 0 Å². The van der Waals surface area contributed by atoms with E-state index in [1.807, 2.05) is 13.8 Å². The van der Waals surface area contributed by atoms with Crippen molar-refractivity contribution in [1.82, 2.24) is 0 Å².